The first-order chi connectivity index (χ1) is 8.41. The van der Waals surface area contributed by atoms with E-state index in [0.717, 1.165) is 11.1 Å². The van der Waals surface area contributed by atoms with Gasteiger partial charge in [0.15, 0.2) is 0 Å². The molecule has 0 aliphatic heterocycles. The number of benzene rings is 2. The number of alkyl halides is 2. The summed E-state index contributed by atoms with van der Waals surface area (Å²) in [7, 11) is 0. The molecule has 0 bridgehead atoms. The van der Waals surface area contributed by atoms with Crippen LogP contribution in [-0.2, 0) is 5.92 Å². The monoisotopic (exact) mass is 308 g/mol. The van der Waals surface area contributed by atoms with E-state index in [-0.39, 0.29) is 11.1 Å². The third kappa shape index (κ3) is 1.46. The van der Waals surface area contributed by atoms with Crippen molar-refractivity contribution in [2.45, 2.75) is 19.8 Å². The Hall–Kier alpha value is -1.22. The minimum Gasteiger partial charge on any atom is -0.196 e. The van der Waals surface area contributed by atoms with Gasteiger partial charge in [-0.1, -0.05) is 45.8 Å². The summed E-state index contributed by atoms with van der Waals surface area (Å²) in [4.78, 5) is 0. The van der Waals surface area contributed by atoms with Crippen LogP contribution in [0.1, 0.15) is 22.3 Å². The molecule has 0 heterocycles. The van der Waals surface area contributed by atoms with Gasteiger partial charge in [-0.15, -0.1) is 0 Å². The first kappa shape index (κ1) is 11.8. The van der Waals surface area contributed by atoms with Crippen LogP contribution in [0.15, 0.2) is 34.8 Å². The molecule has 2 aromatic carbocycles. The van der Waals surface area contributed by atoms with Crippen molar-refractivity contribution in [2.75, 3.05) is 0 Å². The number of fused-ring (bicyclic) bond motifs is 3. The van der Waals surface area contributed by atoms with Crippen LogP contribution >= 0.6 is 15.9 Å². The molecule has 1 aliphatic carbocycles. The summed E-state index contributed by atoms with van der Waals surface area (Å²) >= 11 is 3.27. The number of hydrogen-bond acceptors (Lipinski definition) is 0. The zero-order valence-electron chi connectivity index (χ0n) is 10.0. The van der Waals surface area contributed by atoms with Crippen LogP contribution in [0.2, 0.25) is 0 Å². The largest absolute Gasteiger partial charge is 0.300 e. The molecule has 18 heavy (non-hydrogen) atoms. The minimum absolute atomic E-state index is 0.0914. The zero-order chi connectivity index (χ0) is 13.1. The number of halogens is 3. The Morgan fingerprint density at radius 1 is 0.944 bits per heavy atom. The van der Waals surface area contributed by atoms with Crippen LogP contribution in [0.5, 0.6) is 0 Å². The Morgan fingerprint density at radius 3 is 2.33 bits per heavy atom. The first-order valence-corrected chi connectivity index (χ1v) is 6.50. The second-order valence-electron chi connectivity index (χ2n) is 4.79. The van der Waals surface area contributed by atoms with Crippen LogP contribution in [0, 0.1) is 13.8 Å². The number of hydrogen-bond donors (Lipinski definition) is 0. The smallest absolute Gasteiger partial charge is 0.196 e. The molecule has 0 N–H and O–H groups in total. The average Bonchev–Trinajstić information content (AvgIpc) is 2.47. The second kappa shape index (κ2) is 3.64. The fourth-order valence-electron chi connectivity index (χ4n) is 2.56. The predicted octanol–water partition coefficient (Wildman–Crippen LogP) is 5.19. The van der Waals surface area contributed by atoms with Crippen molar-refractivity contribution >= 4 is 15.9 Å². The van der Waals surface area contributed by atoms with Crippen molar-refractivity contribution in [1.82, 2.24) is 0 Å². The van der Waals surface area contributed by atoms with E-state index in [4.69, 9.17) is 0 Å². The van der Waals surface area contributed by atoms with Crippen molar-refractivity contribution < 1.29 is 8.78 Å². The molecule has 3 heteroatoms. The lowest BCUT2D eigenvalue weighted by Gasteiger charge is -2.14. The molecule has 0 unspecified atom stereocenters. The molecule has 2 aromatic rings. The Kier molecular flexibility index (Phi) is 2.39. The van der Waals surface area contributed by atoms with Gasteiger partial charge in [-0.25, -0.2) is 0 Å². The van der Waals surface area contributed by atoms with Gasteiger partial charge in [0.05, 0.1) is 0 Å². The van der Waals surface area contributed by atoms with Crippen LogP contribution in [0.25, 0.3) is 11.1 Å². The fourth-order valence-corrected chi connectivity index (χ4v) is 3.39. The van der Waals surface area contributed by atoms with Crippen molar-refractivity contribution in [3.8, 4) is 11.1 Å². The van der Waals surface area contributed by atoms with E-state index >= 15 is 0 Å². The predicted molar refractivity (Wildman–Crippen MR) is 72.0 cm³/mol. The summed E-state index contributed by atoms with van der Waals surface area (Å²) in [5.74, 6) is -2.91. The van der Waals surface area contributed by atoms with Gasteiger partial charge in [-0.3, -0.25) is 0 Å². The summed E-state index contributed by atoms with van der Waals surface area (Å²) in [5.41, 5.74) is 3.47. The Morgan fingerprint density at radius 2 is 1.61 bits per heavy atom. The molecule has 0 amide bonds. The Labute approximate surface area is 113 Å². The molecule has 0 saturated heterocycles. The summed E-state index contributed by atoms with van der Waals surface area (Å²) in [6.07, 6.45) is 0. The van der Waals surface area contributed by atoms with Crippen LogP contribution < -0.4 is 0 Å². The van der Waals surface area contributed by atoms with E-state index in [1.165, 1.54) is 6.07 Å². The second-order valence-corrected chi connectivity index (χ2v) is 5.65. The molecule has 0 nitrogen and oxygen atoms in total. The highest BCUT2D eigenvalue weighted by atomic mass is 79.9. The fraction of sp³-hybridized carbons (Fsp3) is 0.200. The molecule has 3 rings (SSSR count). The van der Waals surface area contributed by atoms with E-state index < -0.39 is 5.92 Å². The maximum atomic E-state index is 14.4. The average molecular weight is 309 g/mol. The van der Waals surface area contributed by atoms with Crippen LogP contribution in [0.4, 0.5) is 8.78 Å². The topological polar surface area (TPSA) is 0 Å². The van der Waals surface area contributed by atoms with Gasteiger partial charge in [0.1, 0.15) is 0 Å². The molecule has 0 radical (unpaired) electrons. The van der Waals surface area contributed by atoms with E-state index in [1.807, 2.05) is 26.0 Å². The number of aryl methyl sites for hydroxylation is 2. The van der Waals surface area contributed by atoms with E-state index in [0.29, 0.717) is 15.6 Å². The molecule has 0 fully saturated rings. The SMILES string of the molecule is Cc1ccc2c(c1)-c1cc(C)cc(Br)c1C2(F)F. The third-order valence-electron chi connectivity index (χ3n) is 3.35. The molecular formula is C15H11BrF2. The van der Waals surface area contributed by atoms with Gasteiger partial charge in [0, 0.05) is 15.6 Å². The Bertz CT molecular complexity index is 660. The normalized spacial score (nSPS) is 15.4. The molecule has 0 spiro atoms. The highest BCUT2D eigenvalue weighted by molar-refractivity contribution is 9.10. The quantitative estimate of drug-likeness (QED) is 0.628. The van der Waals surface area contributed by atoms with Crippen molar-refractivity contribution in [3.63, 3.8) is 0 Å². The lowest BCUT2D eigenvalue weighted by molar-refractivity contribution is 0.0472. The van der Waals surface area contributed by atoms with Gasteiger partial charge in [-0.05, 0) is 36.6 Å². The van der Waals surface area contributed by atoms with Crippen molar-refractivity contribution in [3.05, 3.63) is 57.1 Å². The van der Waals surface area contributed by atoms with E-state index in [1.54, 1.807) is 12.1 Å². The standard InChI is InChI=1S/C15H11BrF2/c1-8-3-4-12-10(5-8)11-6-9(2)7-13(16)14(11)15(12,17)18/h3-7H,1-2H3. The molecule has 0 atom stereocenters. The van der Waals surface area contributed by atoms with Crippen molar-refractivity contribution in [1.29, 1.82) is 0 Å². The highest BCUT2D eigenvalue weighted by Crippen LogP contribution is 2.53. The number of rotatable bonds is 0. The van der Waals surface area contributed by atoms with Crippen molar-refractivity contribution in [2.24, 2.45) is 0 Å². The summed E-state index contributed by atoms with van der Waals surface area (Å²) in [5, 5.41) is 0. The van der Waals surface area contributed by atoms with Gasteiger partial charge in [-0.2, -0.15) is 8.78 Å². The lowest BCUT2D eigenvalue weighted by atomic mass is 10.0. The van der Waals surface area contributed by atoms with Gasteiger partial charge in [0.25, 0.3) is 0 Å². The summed E-state index contributed by atoms with van der Waals surface area (Å²) in [6.45, 7) is 3.83. The lowest BCUT2D eigenvalue weighted by Crippen LogP contribution is -2.11. The first-order valence-electron chi connectivity index (χ1n) is 5.71. The third-order valence-corrected chi connectivity index (χ3v) is 3.98. The van der Waals surface area contributed by atoms with Gasteiger partial charge >= 0.3 is 5.92 Å². The summed E-state index contributed by atoms with van der Waals surface area (Å²) < 4.78 is 29.3. The molecule has 0 aromatic heterocycles. The van der Waals surface area contributed by atoms with Gasteiger partial charge < -0.3 is 0 Å². The maximum Gasteiger partial charge on any atom is 0.300 e. The van der Waals surface area contributed by atoms with Crippen LogP contribution in [-0.4, -0.2) is 0 Å². The Balaban J connectivity index is 2.43. The van der Waals surface area contributed by atoms with E-state index in [2.05, 4.69) is 15.9 Å². The molecule has 1 aliphatic rings. The van der Waals surface area contributed by atoms with Gasteiger partial charge in [0.2, 0.25) is 0 Å². The molecule has 0 saturated carbocycles. The van der Waals surface area contributed by atoms with Crippen LogP contribution in [0.3, 0.4) is 0 Å². The molecule has 92 valence electrons. The molecular weight excluding hydrogens is 298 g/mol. The highest BCUT2D eigenvalue weighted by Gasteiger charge is 2.45. The van der Waals surface area contributed by atoms with E-state index in [9.17, 15) is 8.78 Å². The maximum absolute atomic E-state index is 14.4. The zero-order valence-corrected chi connectivity index (χ0v) is 11.6. The minimum atomic E-state index is -2.91. The summed E-state index contributed by atoms with van der Waals surface area (Å²) in [6, 6.07) is 8.68.